The van der Waals surface area contributed by atoms with E-state index >= 15 is 0 Å². The minimum atomic E-state index is -0.0293. The van der Waals surface area contributed by atoms with Crippen LogP contribution in [0.4, 0.5) is 0 Å². The standard InChI is InChI=1S/C17H24ClNO/c1-17(2,3)15-10-5-4-9-14(15)16(20)19(12-11-18)13-7-6-8-13/h4-5,9-10,13H,6-8,11-12H2,1-3H3. The van der Waals surface area contributed by atoms with E-state index in [1.54, 1.807) is 0 Å². The van der Waals surface area contributed by atoms with Crippen molar-refractivity contribution < 1.29 is 4.79 Å². The summed E-state index contributed by atoms with van der Waals surface area (Å²) in [6.45, 7) is 7.08. The van der Waals surface area contributed by atoms with Crippen LogP contribution in [0.3, 0.4) is 0 Å². The van der Waals surface area contributed by atoms with Crippen molar-refractivity contribution in [2.45, 2.75) is 51.5 Å². The van der Waals surface area contributed by atoms with Crippen LogP contribution < -0.4 is 0 Å². The summed E-state index contributed by atoms with van der Waals surface area (Å²) in [5.41, 5.74) is 1.92. The van der Waals surface area contributed by atoms with Gasteiger partial charge in [-0.15, -0.1) is 11.6 Å². The third-order valence-corrected chi connectivity index (χ3v) is 4.24. The van der Waals surface area contributed by atoms with Crippen LogP contribution in [0, 0.1) is 0 Å². The van der Waals surface area contributed by atoms with E-state index in [0.29, 0.717) is 18.5 Å². The molecular formula is C17H24ClNO. The van der Waals surface area contributed by atoms with Gasteiger partial charge in [0.25, 0.3) is 5.91 Å². The topological polar surface area (TPSA) is 20.3 Å². The summed E-state index contributed by atoms with van der Waals surface area (Å²) in [4.78, 5) is 14.9. The smallest absolute Gasteiger partial charge is 0.254 e. The summed E-state index contributed by atoms with van der Waals surface area (Å²) >= 11 is 5.89. The highest BCUT2D eigenvalue weighted by atomic mass is 35.5. The number of amides is 1. The van der Waals surface area contributed by atoms with Crippen molar-refractivity contribution in [1.82, 2.24) is 4.90 Å². The highest BCUT2D eigenvalue weighted by Crippen LogP contribution is 2.30. The number of carbonyl (C=O) groups is 1. The predicted molar refractivity (Wildman–Crippen MR) is 84.5 cm³/mol. The molecule has 0 N–H and O–H groups in total. The second-order valence-corrected chi connectivity index (χ2v) is 6.95. The molecule has 0 atom stereocenters. The lowest BCUT2D eigenvalue weighted by molar-refractivity contribution is 0.0595. The van der Waals surface area contributed by atoms with Gasteiger partial charge in [0.2, 0.25) is 0 Å². The van der Waals surface area contributed by atoms with Gasteiger partial charge in [-0.2, -0.15) is 0 Å². The summed E-state index contributed by atoms with van der Waals surface area (Å²) in [5.74, 6) is 0.640. The second kappa shape index (κ2) is 6.17. The predicted octanol–water partition coefficient (Wildman–Crippen LogP) is 4.22. The fourth-order valence-electron chi connectivity index (χ4n) is 2.72. The van der Waals surface area contributed by atoms with Crippen LogP contribution in [0.25, 0.3) is 0 Å². The number of hydrogen-bond acceptors (Lipinski definition) is 1. The number of benzene rings is 1. The molecule has 1 fully saturated rings. The Hall–Kier alpha value is -1.02. The van der Waals surface area contributed by atoms with Crippen LogP contribution in [0.15, 0.2) is 24.3 Å². The number of alkyl halides is 1. The van der Waals surface area contributed by atoms with Crippen LogP contribution in [0.5, 0.6) is 0 Å². The number of halogens is 1. The second-order valence-electron chi connectivity index (χ2n) is 6.57. The van der Waals surface area contributed by atoms with E-state index in [0.717, 1.165) is 24.0 Å². The summed E-state index contributed by atoms with van der Waals surface area (Å²) in [7, 11) is 0. The molecule has 1 aliphatic rings. The normalized spacial score (nSPS) is 15.8. The first-order valence-electron chi connectivity index (χ1n) is 7.41. The largest absolute Gasteiger partial charge is 0.334 e. The van der Waals surface area contributed by atoms with E-state index in [9.17, 15) is 4.79 Å². The molecule has 1 saturated carbocycles. The molecule has 20 heavy (non-hydrogen) atoms. The van der Waals surface area contributed by atoms with Gasteiger partial charge >= 0.3 is 0 Å². The minimum Gasteiger partial charge on any atom is -0.334 e. The molecule has 3 heteroatoms. The zero-order valence-electron chi connectivity index (χ0n) is 12.7. The summed E-state index contributed by atoms with van der Waals surface area (Å²) in [5, 5.41) is 0. The molecule has 0 saturated heterocycles. The van der Waals surface area contributed by atoms with Crippen molar-refractivity contribution in [1.29, 1.82) is 0 Å². The summed E-state index contributed by atoms with van der Waals surface area (Å²) in [6.07, 6.45) is 3.44. The fraction of sp³-hybridized carbons (Fsp3) is 0.588. The highest BCUT2D eigenvalue weighted by Gasteiger charge is 2.31. The first-order chi connectivity index (χ1) is 9.45. The number of nitrogens with zero attached hydrogens (tertiary/aromatic N) is 1. The number of rotatable bonds is 4. The van der Waals surface area contributed by atoms with Crippen LogP contribution in [-0.4, -0.2) is 29.3 Å². The average molecular weight is 294 g/mol. The molecule has 1 aromatic rings. The molecule has 0 aromatic heterocycles. The Morgan fingerprint density at radius 1 is 1.30 bits per heavy atom. The Balaban J connectivity index is 2.31. The van der Waals surface area contributed by atoms with Gasteiger partial charge in [0.05, 0.1) is 0 Å². The van der Waals surface area contributed by atoms with E-state index in [1.165, 1.54) is 6.42 Å². The van der Waals surface area contributed by atoms with Gasteiger partial charge in [-0.05, 0) is 36.3 Å². The number of hydrogen-bond donors (Lipinski definition) is 0. The summed E-state index contributed by atoms with van der Waals surface area (Å²) < 4.78 is 0. The molecule has 0 radical (unpaired) electrons. The lowest BCUT2D eigenvalue weighted by Gasteiger charge is -2.38. The van der Waals surface area contributed by atoms with E-state index in [2.05, 4.69) is 26.8 Å². The third kappa shape index (κ3) is 3.17. The van der Waals surface area contributed by atoms with Gasteiger partial charge < -0.3 is 4.90 Å². The third-order valence-electron chi connectivity index (χ3n) is 4.07. The van der Waals surface area contributed by atoms with Crippen molar-refractivity contribution >= 4 is 17.5 Å². The van der Waals surface area contributed by atoms with Crippen LogP contribution in [0.2, 0.25) is 0 Å². The van der Waals surface area contributed by atoms with E-state index in [1.807, 2.05) is 23.1 Å². The van der Waals surface area contributed by atoms with Crippen LogP contribution in [-0.2, 0) is 5.41 Å². The first-order valence-corrected chi connectivity index (χ1v) is 7.95. The fourth-order valence-corrected chi connectivity index (χ4v) is 2.90. The molecule has 1 aromatic carbocycles. The van der Waals surface area contributed by atoms with Gasteiger partial charge in [-0.3, -0.25) is 4.79 Å². The van der Waals surface area contributed by atoms with E-state index in [-0.39, 0.29) is 11.3 Å². The van der Waals surface area contributed by atoms with Gasteiger partial charge in [-0.25, -0.2) is 0 Å². The Kier molecular flexibility index (Phi) is 4.74. The van der Waals surface area contributed by atoms with Gasteiger partial charge in [-0.1, -0.05) is 39.0 Å². The molecule has 0 spiro atoms. The minimum absolute atomic E-state index is 0.0293. The van der Waals surface area contributed by atoms with Crippen molar-refractivity contribution in [3.05, 3.63) is 35.4 Å². The quantitative estimate of drug-likeness (QED) is 0.761. The maximum atomic E-state index is 12.9. The lowest BCUT2D eigenvalue weighted by Crippen LogP contribution is -2.45. The van der Waals surface area contributed by atoms with Crippen molar-refractivity contribution in [3.8, 4) is 0 Å². The average Bonchev–Trinajstić information content (AvgIpc) is 2.34. The van der Waals surface area contributed by atoms with Crippen molar-refractivity contribution in [2.24, 2.45) is 0 Å². The maximum absolute atomic E-state index is 12.9. The van der Waals surface area contributed by atoms with E-state index in [4.69, 9.17) is 11.6 Å². The molecule has 1 aliphatic carbocycles. The molecule has 0 bridgehead atoms. The zero-order chi connectivity index (χ0) is 14.8. The molecular weight excluding hydrogens is 270 g/mol. The SMILES string of the molecule is CC(C)(C)c1ccccc1C(=O)N(CCCl)C1CCC1. The van der Waals surface area contributed by atoms with Crippen molar-refractivity contribution in [2.75, 3.05) is 12.4 Å². The van der Waals surface area contributed by atoms with Gasteiger partial charge in [0.15, 0.2) is 0 Å². The maximum Gasteiger partial charge on any atom is 0.254 e. The molecule has 1 amide bonds. The van der Waals surface area contributed by atoms with Gasteiger partial charge in [0, 0.05) is 24.0 Å². The number of carbonyl (C=O) groups excluding carboxylic acids is 1. The van der Waals surface area contributed by atoms with E-state index < -0.39 is 0 Å². The Labute approximate surface area is 127 Å². The zero-order valence-corrected chi connectivity index (χ0v) is 13.4. The van der Waals surface area contributed by atoms with Crippen LogP contribution >= 0.6 is 11.6 Å². The van der Waals surface area contributed by atoms with Gasteiger partial charge in [0.1, 0.15) is 0 Å². The molecule has 0 heterocycles. The monoisotopic (exact) mass is 293 g/mol. The Bertz CT molecular complexity index is 474. The summed E-state index contributed by atoms with van der Waals surface area (Å²) in [6, 6.07) is 8.35. The molecule has 0 unspecified atom stereocenters. The van der Waals surface area contributed by atoms with Crippen molar-refractivity contribution in [3.63, 3.8) is 0 Å². The van der Waals surface area contributed by atoms with Crippen LogP contribution in [0.1, 0.15) is 56.0 Å². The Morgan fingerprint density at radius 2 is 1.95 bits per heavy atom. The molecule has 110 valence electrons. The molecule has 0 aliphatic heterocycles. The molecule has 2 rings (SSSR count). The lowest BCUT2D eigenvalue weighted by atomic mass is 9.83. The molecule has 2 nitrogen and oxygen atoms in total. The Morgan fingerprint density at radius 3 is 2.45 bits per heavy atom. The first kappa shape index (κ1) is 15.4. The highest BCUT2D eigenvalue weighted by molar-refractivity contribution is 6.18.